The summed E-state index contributed by atoms with van der Waals surface area (Å²) in [7, 11) is 0. The van der Waals surface area contributed by atoms with Gasteiger partial charge in [0, 0.05) is 25.6 Å². The van der Waals surface area contributed by atoms with Crippen molar-refractivity contribution in [2.75, 3.05) is 31.2 Å². The van der Waals surface area contributed by atoms with E-state index in [1.165, 1.54) is 0 Å². The maximum absolute atomic E-state index is 11.7. The van der Waals surface area contributed by atoms with Crippen molar-refractivity contribution in [1.29, 1.82) is 0 Å². The zero-order valence-corrected chi connectivity index (χ0v) is 12.4. The Kier molecular flexibility index (Phi) is 4.18. The molecule has 21 heavy (non-hydrogen) atoms. The van der Waals surface area contributed by atoms with Crippen LogP contribution in [0.4, 0.5) is 5.69 Å². The standard InChI is InChI=1S/C16H22N2O3/c1-2-4-15(19)17-12-7-8-18(11-12)13-5-3-6-14-16(13)21-10-9-20-14/h3,5-6,12H,2,4,7-11H2,1H3,(H,17,19)/t12-/m0/s1. The van der Waals surface area contributed by atoms with Crippen LogP contribution in [0, 0.1) is 0 Å². The zero-order valence-electron chi connectivity index (χ0n) is 12.4. The van der Waals surface area contributed by atoms with E-state index in [1.54, 1.807) is 0 Å². The van der Waals surface area contributed by atoms with Crippen LogP contribution in [-0.2, 0) is 4.79 Å². The largest absolute Gasteiger partial charge is 0.486 e. The number of nitrogens with one attached hydrogen (secondary N) is 1. The molecule has 1 atom stereocenters. The van der Waals surface area contributed by atoms with Gasteiger partial charge in [0.25, 0.3) is 0 Å². The van der Waals surface area contributed by atoms with E-state index >= 15 is 0 Å². The maximum atomic E-state index is 11.7. The summed E-state index contributed by atoms with van der Waals surface area (Å²) in [4.78, 5) is 14.0. The lowest BCUT2D eigenvalue weighted by molar-refractivity contribution is -0.121. The van der Waals surface area contributed by atoms with Gasteiger partial charge >= 0.3 is 0 Å². The number of anilines is 1. The number of rotatable bonds is 4. The first kappa shape index (κ1) is 14.0. The van der Waals surface area contributed by atoms with Crippen LogP contribution in [0.2, 0.25) is 0 Å². The second kappa shape index (κ2) is 6.24. The number of benzene rings is 1. The SMILES string of the molecule is CCCC(=O)N[C@H]1CCN(c2cccc3c2OCCO3)C1. The Balaban J connectivity index is 1.68. The number of hydrogen-bond donors (Lipinski definition) is 1. The van der Waals surface area contributed by atoms with Gasteiger partial charge in [0.05, 0.1) is 5.69 Å². The van der Waals surface area contributed by atoms with E-state index in [0.29, 0.717) is 19.6 Å². The van der Waals surface area contributed by atoms with Crippen LogP contribution in [0.5, 0.6) is 11.5 Å². The predicted molar refractivity (Wildman–Crippen MR) is 81.1 cm³/mol. The molecule has 0 saturated carbocycles. The molecule has 1 aromatic carbocycles. The molecule has 5 nitrogen and oxygen atoms in total. The molecule has 1 N–H and O–H groups in total. The minimum atomic E-state index is 0.152. The molecule has 0 spiro atoms. The van der Waals surface area contributed by atoms with Crippen LogP contribution in [0.25, 0.3) is 0 Å². The van der Waals surface area contributed by atoms with Crippen molar-refractivity contribution in [3.63, 3.8) is 0 Å². The quantitative estimate of drug-likeness (QED) is 0.921. The summed E-state index contributed by atoms with van der Waals surface area (Å²) in [5.74, 6) is 1.81. The fraction of sp³-hybridized carbons (Fsp3) is 0.562. The molecule has 1 aromatic rings. The summed E-state index contributed by atoms with van der Waals surface area (Å²) < 4.78 is 11.4. The van der Waals surface area contributed by atoms with Gasteiger partial charge in [-0.05, 0) is 25.0 Å². The average Bonchev–Trinajstić information content (AvgIpc) is 2.95. The number of hydrogen-bond acceptors (Lipinski definition) is 4. The first-order chi connectivity index (χ1) is 10.3. The molecule has 3 rings (SSSR count). The number of carbonyl (C=O) groups is 1. The molecule has 1 amide bonds. The second-order valence-corrected chi connectivity index (χ2v) is 5.55. The molecular formula is C16H22N2O3. The topological polar surface area (TPSA) is 50.8 Å². The lowest BCUT2D eigenvalue weighted by atomic mass is 10.2. The van der Waals surface area contributed by atoms with Crippen molar-refractivity contribution < 1.29 is 14.3 Å². The summed E-state index contributed by atoms with van der Waals surface area (Å²) >= 11 is 0. The number of carbonyl (C=O) groups excluding carboxylic acids is 1. The molecule has 2 aliphatic heterocycles. The Labute approximate surface area is 125 Å². The molecule has 0 bridgehead atoms. The van der Waals surface area contributed by atoms with Gasteiger partial charge in [-0.3, -0.25) is 4.79 Å². The van der Waals surface area contributed by atoms with E-state index in [1.807, 2.05) is 19.1 Å². The first-order valence-electron chi connectivity index (χ1n) is 7.71. The number of amides is 1. The van der Waals surface area contributed by atoms with Gasteiger partial charge < -0.3 is 19.7 Å². The van der Waals surface area contributed by atoms with Crippen molar-refractivity contribution in [3.8, 4) is 11.5 Å². The van der Waals surface area contributed by atoms with Crippen LogP contribution < -0.4 is 19.7 Å². The zero-order chi connectivity index (χ0) is 14.7. The summed E-state index contributed by atoms with van der Waals surface area (Å²) in [6.07, 6.45) is 2.47. The molecule has 1 saturated heterocycles. The van der Waals surface area contributed by atoms with Crippen LogP contribution in [0.1, 0.15) is 26.2 Å². The van der Waals surface area contributed by atoms with Gasteiger partial charge in [0.15, 0.2) is 11.5 Å². The van der Waals surface area contributed by atoms with E-state index in [-0.39, 0.29) is 11.9 Å². The number of ether oxygens (including phenoxy) is 2. The third-order valence-corrected chi connectivity index (χ3v) is 3.92. The number of nitrogens with zero attached hydrogens (tertiary/aromatic N) is 1. The van der Waals surface area contributed by atoms with E-state index in [4.69, 9.17) is 9.47 Å². The van der Waals surface area contributed by atoms with Crippen molar-refractivity contribution in [2.45, 2.75) is 32.2 Å². The Morgan fingerprint density at radius 1 is 1.38 bits per heavy atom. The third kappa shape index (κ3) is 3.06. The number of fused-ring (bicyclic) bond motifs is 1. The van der Waals surface area contributed by atoms with E-state index in [9.17, 15) is 4.79 Å². The molecule has 114 valence electrons. The monoisotopic (exact) mass is 290 g/mol. The van der Waals surface area contributed by atoms with Crippen LogP contribution in [0.3, 0.4) is 0 Å². The van der Waals surface area contributed by atoms with Crippen LogP contribution in [0.15, 0.2) is 18.2 Å². The molecule has 1 fully saturated rings. The van der Waals surface area contributed by atoms with Crippen LogP contribution >= 0.6 is 0 Å². The van der Waals surface area contributed by atoms with Crippen molar-refractivity contribution in [1.82, 2.24) is 5.32 Å². The normalized spacial score (nSPS) is 20.4. The van der Waals surface area contributed by atoms with E-state index in [0.717, 1.165) is 43.1 Å². The van der Waals surface area contributed by atoms with E-state index in [2.05, 4.69) is 16.3 Å². The van der Waals surface area contributed by atoms with Crippen molar-refractivity contribution in [2.24, 2.45) is 0 Å². The van der Waals surface area contributed by atoms with Gasteiger partial charge in [-0.1, -0.05) is 13.0 Å². The summed E-state index contributed by atoms with van der Waals surface area (Å²) in [5.41, 5.74) is 1.07. The third-order valence-electron chi connectivity index (χ3n) is 3.92. The van der Waals surface area contributed by atoms with Gasteiger partial charge in [-0.15, -0.1) is 0 Å². The summed E-state index contributed by atoms with van der Waals surface area (Å²) in [6.45, 7) is 4.97. The number of para-hydroxylation sites is 1. The molecule has 0 aromatic heterocycles. The van der Waals surface area contributed by atoms with Gasteiger partial charge in [0.2, 0.25) is 5.91 Å². The molecule has 0 aliphatic carbocycles. The van der Waals surface area contributed by atoms with E-state index < -0.39 is 0 Å². The maximum Gasteiger partial charge on any atom is 0.220 e. The highest BCUT2D eigenvalue weighted by Crippen LogP contribution is 2.40. The summed E-state index contributed by atoms with van der Waals surface area (Å²) in [5, 5.41) is 3.11. The molecule has 5 heteroatoms. The fourth-order valence-corrected chi connectivity index (χ4v) is 2.93. The molecule has 2 heterocycles. The first-order valence-corrected chi connectivity index (χ1v) is 7.71. The minimum absolute atomic E-state index is 0.152. The molecule has 2 aliphatic rings. The molecule has 0 radical (unpaired) electrons. The smallest absolute Gasteiger partial charge is 0.220 e. The van der Waals surface area contributed by atoms with Gasteiger partial charge in [-0.25, -0.2) is 0 Å². The molecule has 0 unspecified atom stereocenters. The van der Waals surface area contributed by atoms with Crippen molar-refractivity contribution in [3.05, 3.63) is 18.2 Å². The highest BCUT2D eigenvalue weighted by atomic mass is 16.6. The lowest BCUT2D eigenvalue weighted by Crippen LogP contribution is -2.37. The van der Waals surface area contributed by atoms with Crippen molar-refractivity contribution >= 4 is 11.6 Å². The van der Waals surface area contributed by atoms with Gasteiger partial charge in [0.1, 0.15) is 13.2 Å². The predicted octanol–water partition coefficient (Wildman–Crippen LogP) is 1.95. The Bertz CT molecular complexity index is 518. The average molecular weight is 290 g/mol. The second-order valence-electron chi connectivity index (χ2n) is 5.55. The van der Waals surface area contributed by atoms with Gasteiger partial charge in [-0.2, -0.15) is 0 Å². The Hall–Kier alpha value is -1.91. The summed E-state index contributed by atoms with van der Waals surface area (Å²) in [6, 6.07) is 6.22. The highest BCUT2D eigenvalue weighted by Gasteiger charge is 2.27. The Morgan fingerprint density at radius 3 is 3.10 bits per heavy atom. The lowest BCUT2D eigenvalue weighted by Gasteiger charge is -2.26. The van der Waals surface area contributed by atoms with Crippen LogP contribution in [-0.4, -0.2) is 38.3 Å². The molecular weight excluding hydrogens is 268 g/mol. The fourth-order valence-electron chi connectivity index (χ4n) is 2.93. The Morgan fingerprint density at radius 2 is 2.24 bits per heavy atom. The minimum Gasteiger partial charge on any atom is -0.486 e. The highest BCUT2D eigenvalue weighted by molar-refractivity contribution is 5.76.